The Morgan fingerprint density at radius 2 is 1.67 bits per heavy atom. The van der Waals surface area contributed by atoms with Crippen LogP contribution in [0.3, 0.4) is 0 Å². The first kappa shape index (κ1) is 37.4. The molecule has 13 heteroatoms. The highest BCUT2D eigenvalue weighted by molar-refractivity contribution is 7.92. The SMILES string of the molecule is CC(C)(C)NC(=O)[C@@H]1C[C@@H]2CCCC[C@@H]2CN1C[C@@H](O)[C@H](Cc1ccccc1)NC(=O)[C@@H](NC(=O)c1cnccn1)C(C)(C)S(C)(=O)=O. The van der Waals surface area contributed by atoms with Gasteiger partial charge in [-0.2, -0.15) is 0 Å². The Bertz CT molecular complexity index is 1510. The van der Waals surface area contributed by atoms with Crippen LogP contribution >= 0.6 is 0 Å². The molecule has 1 saturated carbocycles. The third kappa shape index (κ3) is 9.60. The number of aliphatic hydroxyl groups excluding tert-OH is 1. The van der Waals surface area contributed by atoms with Gasteiger partial charge in [0.25, 0.3) is 5.91 Å². The molecule has 1 aromatic heterocycles. The molecule has 2 aliphatic rings. The third-order valence-corrected chi connectivity index (χ3v) is 11.9. The lowest BCUT2D eigenvalue weighted by Crippen LogP contribution is -2.64. The number of carbonyl (C=O) groups is 3. The van der Waals surface area contributed by atoms with Crippen molar-refractivity contribution in [2.45, 2.75) is 108 Å². The van der Waals surface area contributed by atoms with Crippen LogP contribution in [0.5, 0.6) is 0 Å². The predicted molar refractivity (Wildman–Crippen MR) is 184 cm³/mol. The topological polar surface area (TPSA) is 171 Å². The number of aliphatic hydroxyl groups is 1. The number of fused-ring (bicyclic) bond motifs is 1. The number of piperidine rings is 1. The van der Waals surface area contributed by atoms with Crippen molar-refractivity contribution in [3.05, 3.63) is 60.2 Å². The van der Waals surface area contributed by atoms with E-state index in [9.17, 15) is 27.9 Å². The average Bonchev–Trinajstić information content (AvgIpc) is 3.02. The van der Waals surface area contributed by atoms with E-state index in [1.54, 1.807) is 0 Å². The summed E-state index contributed by atoms with van der Waals surface area (Å²) in [5.41, 5.74) is 0.342. The summed E-state index contributed by atoms with van der Waals surface area (Å²) in [6.45, 7) is 9.36. The number of amides is 3. The van der Waals surface area contributed by atoms with E-state index in [2.05, 4.69) is 30.8 Å². The summed E-state index contributed by atoms with van der Waals surface area (Å²) < 4.78 is 24.2. The predicted octanol–water partition coefficient (Wildman–Crippen LogP) is 2.28. The number of hydrogen-bond donors (Lipinski definition) is 4. The second kappa shape index (κ2) is 15.4. The standard InChI is InChI=1S/C35H52N6O6S/c1-34(2,3)40-32(44)28-19-24-14-10-11-15-25(24)21-41(28)22-29(42)26(18-23-12-8-7-9-13-23)38-33(45)30(35(4,5)48(6,46)47)39-31(43)27-20-36-16-17-37-27/h7-9,12-13,16-17,20,24-26,28-30,42H,10-11,14-15,18-19,21-22H2,1-6H3,(H,38,45)(H,39,43)(H,40,44)/t24-,25+,26-,28-,29+,30+/m0/s1. The van der Waals surface area contributed by atoms with Gasteiger partial charge >= 0.3 is 0 Å². The highest BCUT2D eigenvalue weighted by Crippen LogP contribution is 2.39. The van der Waals surface area contributed by atoms with Crippen LogP contribution in [0.2, 0.25) is 0 Å². The number of rotatable bonds is 12. The van der Waals surface area contributed by atoms with Crippen LogP contribution in [0, 0.1) is 11.8 Å². The lowest BCUT2D eigenvalue weighted by atomic mass is 9.72. The summed E-state index contributed by atoms with van der Waals surface area (Å²) in [6.07, 6.45) is 9.21. The van der Waals surface area contributed by atoms with Gasteiger partial charge in [0.15, 0.2) is 9.84 Å². The molecule has 0 bridgehead atoms. The Kier molecular flexibility index (Phi) is 12.0. The number of likely N-dealkylation sites (tertiary alicyclic amines) is 1. The van der Waals surface area contributed by atoms with E-state index in [1.165, 1.54) is 32.4 Å². The summed E-state index contributed by atoms with van der Waals surface area (Å²) in [4.78, 5) is 50.8. The minimum Gasteiger partial charge on any atom is -0.390 e. The molecule has 3 amide bonds. The van der Waals surface area contributed by atoms with Gasteiger partial charge in [0, 0.05) is 37.3 Å². The number of nitrogens with zero attached hydrogens (tertiary/aromatic N) is 3. The van der Waals surface area contributed by atoms with E-state index in [1.807, 2.05) is 51.1 Å². The van der Waals surface area contributed by atoms with Crippen molar-refractivity contribution in [1.82, 2.24) is 30.8 Å². The molecule has 1 aromatic carbocycles. The van der Waals surface area contributed by atoms with E-state index in [-0.39, 0.29) is 24.6 Å². The molecular weight excluding hydrogens is 632 g/mol. The molecule has 4 N–H and O–H groups in total. The highest BCUT2D eigenvalue weighted by Gasteiger charge is 2.46. The molecule has 1 aliphatic carbocycles. The van der Waals surface area contributed by atoms with Crippen molar-refractivity contribution in [1.29, 1.82) is 0 Å². The summed E-state index contributed by atoms with van der Waals surface area (Å²) in [5.74, 6) is -0.745. The fourth-order valence-electron chi connectivity index (χ4n) is 6.80. The summed E-state index contributed by atoms with van der Waals surface area (Å²) in [7, 11) is -3.88. The van der Waals surface area contributed by atoms with E-state index in [0.29, 0.717) is 24.8 Å². The maximum Gasteiger partial charge on any atom is 0.272 e. The second-order valence-electron chi connectivity index (χ2n) is 15.0. The molecule has 48 heavy (non-hydrogen) atoms. The number of nitrogens with one attached hydrogen (secondary N) is 3. The number of β-amino-alcohol motifs (C(OH)–C–C–N with tert-alkyl or cyclic N) is 1. The zero-order chi connectivity index (χ0) is 35.3. The molecule has 0 spiro atoms. The molecule has 1 aliphatic heterocycles. The number of benzene rings is 1. The van der Waals surface area contributed by atoms with E-state index >= 15 is 0 Å². The lowest BCUT2D eigenvalue weighted by Gasteiger charge is -2.47. The molecule has 2 aromatic rings. The number of hydrogen-bond acceptors (Lipinski definition) is 9. The van der Waals surface area contributed by atoms with Crippen LogP contribution < -0.4 is 16.0 Å². The van der Waals surface area contributed by atoms with Crippen molar-refractivity contribution < 1.29 is 27.9 Å². The van der Waals surface area contributed by atoms with Crippen LogP contribution in [-0.4, -0.2) is 100.0 Å². The smallest absolute Gasteiger partial charge is 0.272 e. The van der Waals surface area contributed by atoms with Gasteiger partial charge in [-0.3, -0.25) is 24.3 Å². The Balaban J connectivity index is 1.63. The summed E-state index contributed by atoms with van der Waals surface area (Å²) >= 11 is 0. The maximum absolute atomic E-state index is 14.1. The summed E-state index contributed by atoms with van der Waals surface area (Å²) in [5, 5.41) is 20.5. The van der Waals surface area contributed by atoms with Crippen molar-refractivity contribution in [2.75, 3.05) is 19.3 Å². The van der Waals surface area contributed by atoms with Gasteiger partial charge in [-0.05, 0) is 71.3 Å². The Labute approximate surface area is 284 Å². The monoisotopic (exact) mass is 684 g/mol. The first-order valence-corrected chi connectivity index (χ1v) is 18.7. The van der Waals surface area contributed by atoms with Gasteiger partial charge in [-0.25, -0.2) is 13.4 Å². The molecule has 264 valence electrons. The minimum absolute atomic E-state index is 0.0776. The van der Waals surface area contributed by atoms with E-state index in [4.69, 9.17) is 0 Å². The molecule has 2 fully saturated rings. The van der Waals surface area contributed by atoms with Gasteiger partial charge in [-0.1, -0.05) is 49.6 Å². The zero-order valence-corrected chi connectivity index (χ0v) is 29.8. The number of sulfone groups is 1. The largest absolute Gasteiger partial charge is 0.390 e. The normalized spacial score (nSPS) is 22.4. The fraction of sp³-hybridized carbons (Fsp3) is 0.629. The summed E-state index contributed by atoms with van der Waals surface area (Å²) in [6, 6.07) is 6.51. The Hall–Kier alpha value is -3.42. The van der Waals surface area contributed by atoms with Crippen molar-refractivity contribution in [2.24, 2.45) is 11.8 Å². The molecule has 4 rings (SSSR count). The zero-order valence-electron chi connectivity index (χ0n) is 29.0. The average molecular weight is 685 g/mol. The minimum atomic E-state index is -3.88. The molecule has 0 radical (unpaired) electrons. The maximum atomic E-state index is 14.1. The van der Waals surface area contributed by atoms with Gasteiger partial charge in [-0.15, -0.1) is 0 Å². The van der Waals surface area contributed by atoms with Crippen LogP contribution in [0.25, 0.3) is 0 Å². The quantitative estimate of drug-likeness (QED) is 0.262. The molecule has 0 unspecified atom stereocenters. The van der Waals surface area contributed by atoms with Crippen LogP contribution in [0.1, 0.15) is 82.8 Å². The van der Waals surface area contributed by atoms with Crippen LogP contribution in [0.4, 0.5) is 0 Å². The van der Waals surface area contributed by atoms with Crippen molar-refractivity contribution in [3.63, 3.8) is 0 Å². The Morgan fingerprint density at radius 3 is 2.27 bits per heavy atom. The van der Waals surface area contributed by atoms with E-state index < -0.39 is 56.2 Å². The molecular formula is C35H52N6O6S. The Morgan fingerprint density at radius 1 is 1.00 bits per heavy atom. The van der Waals surface area contributed by atoms with Crippen molar-refractivity contribution >= 4 is 27.6 Å². The number of carbonyl (C=O) groups excluding carboxylic acids is 3. The van der Waals surface area contributed by atoms with Gasteiger partial charge in [0.05, 0.1) is 29.1 Å². The van der Waals surface area contributed by atoms with Crippen molar-refractivity contribution in [3.8, 4) is 0 Å². The fourth-order valence-corrected chi connectivity index (χ4v) is 7.40. The van der Waals surface area contributed by atoms with E-state index in [0.717, 1.165) is 37.5 Å². The first-order valence-electron chi connectivity index (χ1n) is 16.8. The van der Waals surface area contributed by atoms with Crippen LogP contribution in [0.15, 0.2) is 48.9 Å². The first-order chi connectivity index (χ1) is 22.5. The molecule has 12 nitrogen and oxygen atoms in total. The highest BCUT2D eigenvalue weighted by atomic mass is 32.2. The molecule has 1 saturated heterocycles. The lowest BCUT2D eigenvalue weighted by molar-refractivity contribution is -0.133. The van der Waals surface area contributed by atoms with Gasteiger partial charge in [0.1, 0.15) is 11.7 Å². The molecule has 6 atom stereocenters. The van der Waals surface area contributed by atoms with Gasteiger partial charge < -0.3 is 21.1 Å². The second-order valence-corrected chi connectivity index (χ2v) is 17.6. The van der Waals surface area contributed by atoms with Gasteiger partial charge in [0.2, 0.25) is 11.8 Å². The number of aromatic nitrogens is 2. The van der Waals surface area contributed by atoms with Crippen LogP contribution in [-0.2, 0) is 25.8 Å². The third-order valence-electron chi connectivity index (χ3n) is 9.80. The molecule has 2 heterocycles.